The van der Waals surface area contributed by atoms with E-state index in [0.29, 0.717) is 0 Å². The second-order valence-electron chi connectivity index (χ2n) is 17.1. The molecule has 0 atom stereocenters. The van der Waals surface area contributed by atoms with Gasteiger partial charge in [-0.1, -0.05) is 66.7 Å². The summed E-state index contributed by atoms with van der Waals surface area (Å²) < 4.78 is 0. The fraction of sp³-hybridized carbons (Fsp3) is 0. The van der Waals surface area contributed by atoms with Crippen LogP contribution in [-0.2, 0) is 20.1 Å². The minimum Gasteiger partial charge on any atom is -0.305 e. The van der Waals surface area contributed by atoms with Crippen LogP contribution >= 0.6 is 0 Å². The summed E-state index contributed by atoms with van der Waals surface area (Å²) in [5.74, 6) is 0. The number of aromatic nitrogens is 6. The molecule has 0 bridgehead atoms. The van der Waals surface area contributed by atoms with E-state index in [0.717, 1.165) is 112 Å². The van der Waals surface area contributed by atoms with E-state index in [2.05, 4.69) is 157 Å². The first-order chi connectivity index (χ1) is 35.7. The molecule has 349 valence electrons. The Balaban J connectivity index is 0.000000412. The van der Waals surface area contributed by atoms with Crippen molar-refractivity contribution in [2.45, 2.75) is 0 Å². The van der Waals surface area contributed by atoms with Gasteiger partial charge in [0.15, 0.2) is 0 Å². The van der Waals surface area contributed by atoms with Crippen molar-refractivity contribution in [2.75, 3.05) is 0 Å². The number of hydrogen-bond acceptors (Lipinski definition) is 6. The van der Waals surface area contributed by atoms with Crippen LogP contribution in [0.25, 0.3) is 112 Å². The quantitative estimate of drug-likeness (QED) is 0.127. The summed E-state index contributed by atoms with van der Waals surface area (Å²) in [6.07, 6.45) is 18.5. The van der Waals surface area contributed by atoms with Crippen molar-refractivity contribution in [3.8, 4) is 112 Å². The molecular formula is C66H44IrN6-2. The van der Waals surface area contributed by atoms with Crippen LogP contribution in [0.15, 0.2) is 268 Å². The van der Waals surface area contributed by atoms with Crippen LogP contribution in [-0.4, -0.2) is 29.9 Å². The van der Waals surface area contributed by atoms with Crippen LogP contribution in [0.5, 0.6) is 0 Å². The van der Waals surface area contributed by atoms with Crippen LogP contribution in [0.3, 0.4) is 0 Å². The molecule has 12 rings (SSSR count). The molecule has 6 heterocycles. The summed E-state index contributed by atoms with van der Waals surface area (Å²) >= 11 is 0. The molecule has 6 aromatic carbocycles. The zero-order chi connectivity index (χ0) is 48.3. The number of pyridine rings is 6. The van der Waals surface area contributed by atoms with Crippen molar-refractivity contribution >= 4 is 0 Å². The van der Waals surface area contributed by atoms with Crippen molar-refractivity contribution in [3.63, 3.8) is 0 Å². The smallest absolute Gasteiger partial charge is 0.0346 e. The molecule has 1 radical (unpaired) electrons. The van der Waals surface area contributed by atoms with Crippen molar-refractivity contribution in [2.24, 2.45) is 0 Å². The van der Waals surface area contributed by atoms with Gasteiger partial charge in [0.05, 0.1) is 0 Å². The van der Waals surface area contributed by atoms with Gasteiger partial charge in [-0.15, -0.1) is 71.3 Å². The molecule has 0 N–H and O–H groups in total. The van der Waals surface area contributed by atoms with Gasteiger partial charge in [-0.05, 0) is 170 Å². The summed E-state index contributed by atoms with van der Waals surface area (Å²) in [6, 6.07) is 78.0. The second-order valence-corrected chi connectivity index (χ2v) is 17.1. The first kappa shape index (κ1) is 47.5. The monoisotopic (exact) mass is 1110 g/mol. The summed E-state index contributed by atoms with van der Waals surface area (Å²) in [6.45, 7) is 0. The van der Waals surface area contributed by atoms with Gasteiger partial charge in [-0.3, -0.25) is 19.9 Å². The molecule has 12 aromatic rings. The molecule has 0 aliphatic rings. The van der Waals surface area contributed by atoms with E-state index in [1.54, 1.807) is 6.20 Å². The zero-order valence-electron chi connectivity index (χ0n) is 39.4. The van der Waals surface area contributed by atoms with Gasteiger partial charge < -0.3 is 9.97 Å². The van der Waals surface area contributed by atoms with Crippen molar-refractivity contribution < 1.29 is 20.1 Å². The summed E-state index contributed by atoms with van der Waals surface area (Å²) in [5, 5.41) is 0. The van der Waals surface area contributed by atoms with Gasteiger partial charge in [0.25, 0.3) is 0 Å². The SMILES string of the molecule is [Ir].[c-]1ccc(-c2cccc(-c3cc(-c4cc(-c5cccnc5)cc(-c5cccnc5)c4)cc(-c4cc(-c5cccnc5)cc(-c5cccnc5)c4)c3)c2)cc1-c1ccccn1.[c-]1ccccc1-c1ccccn1. The summed E-state index contributed by atoms with van der Waals surface area (Å²) in [4.78, 5) is 26.7. The molecule has 0 unspecified atom stereocenters. The van der Waals surface area contributed by atoms with E-state index in [4.69, 9.17) is 0 Å². The Labute approximate surface area is 439 Å². The van der Waals surface area contributed by atoms with Gasteiger partial charge in [-0.25, -0.2) is 0 Å². The zero-order valence-corrected chi connectivity index (χ0v) is 41.8. The van der Waals surface area contributed by atoms with Crippen LogP contribution in [0, 0.1) is 12.1 Å². The normalized spacial score (nSPS) is 10.6. The minimum atomic E-state index is 0. The van der Waals surface area contributed by atoms with E-state index < -0.39 is 0 Å². The molecule has 6 nitrogen and oxygen atoms in total. The molecule has 7 heteroatoms. The molecule has 0 aliphatic heterocycles. The first-order valence-electron chi connectivity index (χ1n) is 23.7. The third-order valence-electron chi connectivity index (χ3n) is 12.4. The average molecular weight is 1110 g/mol. The topological polar surface area (TPSA) is 77.3 Å². The maximum atomic E-state index is 4.58. The predicted molar refractivity (Wildman–Crippen MR) is 292 cm³/mol. The maximum absolute atomic E-state index is 4.58. The Hall–Kier alpha value is -9.13. The molecule has 0 aliphatic carbocycles. The maximum Gasteiger partial charge on any atom is 0.0346 e. The first-order valence-corrected chi connectivity index (χ1v) is 23.7. The largest absolute Gasteiger partial charge is 0.305 e. The third kappa shape index (κ3) is 11.4. The molecule has 0 fully saturated rings. The average Bonchev–Trinajstić information content (AvgIpc) is 3.48. The van der Waals surface area contributed by atoms with E-state index in [1.807, 2.05) is 147 Å². The second kappa shape index (κ2) is 22.7. The summed E-state index contributed by atoms with van der Waals surface area (Å²) in [7, 11) is 0. The fourth-order valence-corrected chi connectivity index (χ4v) is 8.79. The molecule has 0 spiro atoms. The van der Waals surface area contributed by atoms with Crippen molar-refractivity contribution in [1.29, 1.82) is 0 Å². The van der Waals surface area contributed by atoms with Crippen molar-refractivity contribution in [1.82, 2.24) is 29.9 Å². The van der Waals surface area contributed by atoms with E-state index in [1.165, 1.54) is 0 Å². The van der Waals surface area contributed by atoms with Gasteiger partial charge in [0, 0.05) is 104 Å². The Morgan fingerprint density at radius 2 is 0.575 bits per heavy atom. The number of nitrogens with zero attached hydrogens (tertiary/aromatic N) is 6. The van der Waals surface area contributed by atoms with E-state index in [9.17, 15) is 0 Å². The number of benzene rings is 6. The third-order valence-corrected chi connectivity index (χ3v) is 12.4. The van der Waals surface area contributed by atoms with E-state index in [-0.39, 0.29) is 20.1 Å². The van der Waals surface area contributed by atoms with Crippen LogP contribution < -0.4 is 0 Å². The van der Waals surface area contributed by atoms with Gasteiger partial charge in [0.2, 0.25) is 0 Å². The Kier molecular flexibility index (Phi) is 14.8. The minimum absolute atomic E-state index is 0. The fourth-order valence-electron chi connectivity index (χ4n) is 8.79. The number of hydrogen-bond donors (Lipinski definition) is 0. The molecular weight excluding hydrogens is 1070 g/mol. The van der Waals surface area contributed by atoms with Crippen molar-refractivity contribution in [3.05, 3.63) is 280 Å². The van der Waals surface area contributed by atoms with Crippen LogP contribution in [0.2, 0.25) is 0 Å². The molecule has 0 saturated heterocycles. The Bertz CT molecular complexity index is 3420. The number of rotatable bonds is 10. The van der Waals surface area contributed by atoms with Gasteiger partial charge >= 0.3 is 0 Å². The van der Waals surface area contributed by atoms with Crippen LogP contribution in [0.1, 0.15) is 0 Å². The predicted octanol–water partition coefficient (Wildman–Crippen LogP) is 16.0. The molecule has 73 heavy (non-hydrogen) atoms. The van der Waals surface area contributed by atoms with Gasteiger partial charge in [-0.2, -0.15) is 0 Å². The molecule has 0 saturated carbocycles. The molecule has 6 aromatic heterocycles. The van der Waals surface area contributed by atoms with Crippen LogP contribution in [0.4, 0.5) is 0 Å². The van der Waals surface area contributed by atoms with Gasteiger partial charge in [0.1, 0.15) is 0 Å². The molecule has 0 amide bonds. The Morgan fingerprint density at radius 1 is 0.233 bits per heavy atom. The Morgan fingerprint density at radius 3 is 0.959 bits per heavy atom. The van der Waals surface area contributed by atoms with E-state index >= 15 is 0 Å². The standard InChI is InChI=1S/C55H36N5.C11H8N.Ir/c1-2-22-60-55(17-1)41-12-4-10-39(24-41)38-9-3-11-40(23-38)46-25-51(53-29-47(42-13-5-18-56-34-42)27-48(30-53)43-14-6-19-57-35-43)33-52(26-46)54-31-49(44-15-7-20-58-36-44)28-50(32-54)45-16-8-21-59-37-45;1-2-6-10(7-3-1)11-8-4-5-9-12-11;/h1-11,13-37H;1-6,8-9H;/q2*-1;. The summed E-state index contributed by atoms with van der Waals surface area (Å²) in [5.41, 5.74) is 21.1.